The van der Waals surface area contributed by atoms with Gasteiger partial charge in [-0.25, -0.2) is 0 Å². The van der Waals surface area contributed by atoms with Gasteiger partial charge < -0.3 is 19.5 Å². The maximum absolute atomic E-state index is 10.2. The Hall–Kier alpha value is -0.690. The van der Waals surface area contributed by atoms with Crippen molar-refractivity contribution in [3.05, 3.63) is 34.9 Å². The maximum atomic E-state index is 10.2. The van der Waals surface area contributed by atoms with E-state index in [9.17, 15) is 5.11 Å². The van der Waals surface area contributed by atoms with Crippen LogP contribution in [0.1, 0.15) is 5.56 Å². The summed E-state index contributed by atoms with van der Waals surface area (Å²) in [6.45, 7) is 4.65. The second-order valence-corrected chi connectivity index (χ2v) is 6.68. The van der Waals surface area contributed by atoms with E-state index in [4.69, 9.17) is 21.1 Å². The van der Waals surface area contributed by atoms with Gasteiger partial charge in [-0.3, -0.25) is 4.90 Å². The van der Waals surface area contributed by atoms with Crippen molar-refractivity contribution in [2.24, 2.45) is 0 Å². The van der Waals surface area contributed by atoms with Crippen molar-refractivity contribution in [1.29, 1.82) is 0 Å². The fourth-order valence-electron chi connectivity index (χ4n) is 2.74. The molecule has 0 saturated carbocycles. The zero-order chi connectivity index (χ0) is 16.7. The smallest absolute Gasteiger partial charge is 0.0900 e. The third-order valence-corrected chi connectivity index (χ3v) is 4.16. The molecule has 2 rings (SSSR count). The van der Waals surface area contributed by atoms with Crippen LogP contribution in [0.4, 0.5) is 0 Å². The SMILES string of the molecule is CN(C)C[C@H]1CN(C[C@@H](O)COCc2ccccc2Cl)CCO1. The van der Waals surface area contributed by atoms with Gasteiger partial charge in [0, 0.05) is 31.2 Å². The van der Waals surface area contributed by atoms with E-state index >= 15 is 0 Å². The molecule has 0 aromatic heterocycles. The minimum atomic E-state index is -0.504. The van der Waals surface area contributed by atoms with Crippen LogP contribution in [0.3, 0.4) is 0 Å². The zero-order valence-electron chi connectivity index (χ0n) is 13.9. The molecule has 1 aromatic rings. The van der Waals surface area contributed by atoms with Crippen molar-refractivity contribution in [2.45, 2.75) is 18.8 Å². The van der Waals surface area contributed by atoms with Crippen molar-refractivity contribution in [3.63, 3.8) is 0 Å². The number of ether oxygens (including phenoxy) is 2. The summed E-state index contributed by atoms with van der Waals surface area (Å²) in [5.74, 6) is 0. The molecule has 6 heteroatoms. The molecule has 0 unspecified atom stereocenters. The molecule has 23 heavy (non-hydrogen) atoms. The average Bonchev–Trinajstić information content (AvgIpc) is 2.49. The lowest BCUT2D eigenvalue weighted by molar-refractivity contribution is -0.0584. The van der Waals surface area contributed by atoms with Crippen LogP contribution in [0.5, 0.6) is 0 Å². The van der Waals surface area contributed by atoms with Crippen molar-refractivity contribution in [1.82, 2.24) is 9.80 Å². The van der Waals surface area contributed by atoms with E-state index in [0.717, 1.165) is 25.2 Å². The molecule has 1 fully saturated rings. The molecule has 0 bridgehead atoms. The fourth-order valence-corrected chi connectivity index (χ4v) is 2.93. The Kier molecular flexibility index (Phi) is 7.76. The summed E-state index contributed by atoms with van der Waals surface area (Å²) in [4.78, 5) is 4.36. The Morgan fingerprint density at radius 1 is 1.43 bits per heavy atom. The number of nitrogens with zero attached hydrogens (tertiary/aromatic N) is 2. The summed E-state index contributed by atoms with van der Waals surface area (Å²) >= 11 is 6.08. The lowest BCUT2D eigenvalue weighted by Crippen LogP contribution is -2.49. The van der Waals surface area contributed by atoms with E-state index in [-0.39, 0.29) is 6.10 Å². The topological polar surface area (TPSA) is 45.2 Å². The first-order valence-electron chi connectivity index (χ1n) is 8.02. The minimum absolute atomic E-state index is 0.204. The number of morpholine rings is 1. The number of rotatable bonds is 8. The summed E-state index contributed by atoms with van der Waals surface area (Å²) in [7, 11) is 4.08. The molecule has 1 N–H and O–H groups in total. The number of halogens is 1. The normalized spacial score (nSPS) is 20.8. The molecule has 1 aliphatic rings. The Morgan fingerprint density at radius 2 is 2.22 bits per heavy atom. The van der Waals surface area contributed by atoms with Gasteiger partial charge in [-0.2, -0.15) is 0 Å². The summed E-state index contributed by atoms with van der Waals surface area (Å²) in [5.41, 5.74) is 0.943. The summed E-state index contributed by atoms with van der Waals surface area (Å²) < 4.78 is 11.3. The number of hydrogen-bond donors (Lipinski definition) is 1. The van der Waals surface area contributed by atoms with Crippen LogP contribution in [0.15, 0.2) is 24.3 Å². The van der Waals surface area contributed by atoms with Gasteiger partial charge in [0.15, 0.2) is 0 Å². The number of likely N-dealkylation sites (N-methyl/N-ethyl adjacent to an activating group) is 1. The number of aliphatic hydroxyl groups is 1. The van der Waals surface area contributed by atoms with E-state index in [0.29, 0.717) is 31.4 Å². The molecule has 0 radical (unpaired) electrons. The summed E-state index contributed by atoms with van der Waals surface area (Å²) in [6, 6.07) is 7.60. The van der Waals surface area contributed by atoms with E-state index < -0.39 is 6.10 Å². The van der Waals surface area contributed by atoms with Gasteiger partial charge in [0.1, 0.15) is 0 Å². The van der Waals surface area contributed by atoms with Crippen molar-refractivity contribution in [2.75, 3.05) is 53.5 Å². The number of hydrogen-bond acceptors (Lipinski definition) is 5. The van der Waals surface area contributed by atoms with Gasteiger partial charge >= 0.3 is 0 Å². The molecule has 0 amide bonds. The molecule has 5 nitrogen and oxygen atoms in total. The minimum Gasteiger partial charge on any atom is -0.389 e. The van der Waals surface area contributed by atoms with Gasteiger partial charge in [-0.05, 0) is 25.7 Å². The highest BCUT2D eigenvalue weighted by atomic mass is 35.5. The van der Waals surface area contributed by atoms with Gasteiger partial charge in [-0.15, -0.1) is 0 Å². The Bertz CT molecular complexity index is 473. The van der Waals surface area contributed by atoms with Crippen LogP contribution in [-0.2, 0) is 16.1 Å². The van der Waals surface area contributed by atoms with Crippen LogP contribution < -0.4 is 0 Å². The second-order valence-electron chi connectivity index (χ2n) is 6.27. The van der Waals surface area contributed by atoms with Crippen LogP contribution in [0.25, 0.3) is 0 Å². The van der Waals surface area contributed by atoms with Crippen LogP contribution in [-0.4, -0.2) is 80.6 Å². The maximum Gasteiger partial charge on any atom is 0.0900 e. The average molecular weight is 343 g/mol. The van der Waals surface area contributed by atoms with Gasteiger partial charge in [0.05, 0.1) is 32.0 Å². The monoisotopic (exact) mass is 342 g/mol. The van der Waals surface area contributed by atoms with Crippen molar-refractivity contribution in [3.8, 4) is 0 Å². The fraction of sp³-hybridized carbons (Fsp3) is 0.647. The molecule has 1 aromatic carbocycles. The highest BCUT2D eigenvalue weighted by Crippen LogP contribution is 2.15. The van der Waals surface area contributed by atoms with Crippen LogP contribution >= 0.6 is 11.6 Å². The molecule has 1 heterocycles. The standard InChI is InChI=1S/C17H27ClN2O3/c1-19(2)10-16-11-20(7-8-23-16)9-15(21)13-22-12-14-5-3-4-6-17(14)18/h3-6,15-16,21H,7-13H2,1-2H3/t15-,16+/m1/s1. The molecule has 2 atom stereocenters. The first kappa shape index (κ1) is 18.6. The Morgan fingerprint density at radius 3 is 2.96 bits per heavy atom. The third kappa shape index (κ3) is 6.75. The van der Waals surface area contributed by atoms with Crippen molar-refractivity contribution >= 4 is 11.6 Å². The predicted molar refractivity (Wildman–Crippen MR) is 91.8 cm³/mol. The molecule has 130 valence electrons. The van der Waals surface area contributed by atoms with E-state index in [2.05, 4.69) is 9.80 Å². The lowest BCUT2D eigenvalue weighted by atomic mass is 10.2. The summed E-state index contributed by atoms with van der Waals surface area (Å²) in [5, 5.41) is 10.9. The molecular weight excluding hydrogens is 316 g/mol. The Labute approximate surface area is 143 Å². The van der Waals surface area contributed by atoms with Crippen molar-refractivity contribution < 1.29 is 14.6 Å². The molecule has 0 aliphatic carbocycles. The molecule has 1 saturated heterocycles. The van der Waals surface area contributed by atoms with Gasteiger partial charge in [-0.1, -0.05) is 29.8 Å². The predicted octanol–water partition coefficient (Wildman–Crippen LogP) is 1.48. The van der Waals surface area contributed by atoms with Crippen LogP contribution in [0, 0.1) is 0 Å². The number of benzene rings is 1. The van der Waals surface area contributed by atoms with Gasteiger partial charge in [0.25, 0.3) is 0 Å². The van der Waals surface area contributed by atoms with Crippen LogP contribution in [0.2, 0.25) is 5.02 Å². The highest BCUT2D eigenvalue weighted by molar-refractivity contribution is 6.31. The number of β-amino-alcohol motifs (C(OH)–C–C–N with tert-alkyl or cyclic N) is 1. The third-order valence-electron chi connectivity index (χ3n) is 3.79. The first-order chi connectivity index (χ1) is 11.0. The lowest BCUT2D eigenvalue weighted by Gasteiger charge is -2.35. The Balaban J connectivity index is 1.68. The van der Waals surface area contributed by atoms with E-state index in [1.807, 2.05) is 38.4 Å². The zero-order valence-corrected chi connectivity index (χ0v) is 14.7. The summed E-state index contributed by atoms with van der Waals surface area (Å²) in [6.07, 6.45) is -0.300. The second kappa shape index (κ2) is 9.57. The van der Waals surface area contributed by atoms with E-state index in [1.54, 1.807) is 0 Å². The molecule has 1 aliphatic heterocycles. The first-order valence-corrected chi connectivity index (χ1v) is 8.40. The quantitative estimate of drug-likeness (QED) is 0.775. The largest absolute Gasteiger partial charge is 0.389 e. The molecular formula is C17H27ClN2O3. The number of aliphatic hydroxyl groups excluding tert-OH is 1. The highest BCUT2D eigenvalue weighted by Gasteiger charge is 2.22. The van der Waals surface area contributed by atoms with Gasteiger partial charge in [0.2, 0.25) is 0 Å². The van der Waals surface area contributed by atoms with E-state index in [1.165, 1.54) is 0 Å². The molecule has 0 spiro atoms.